The van der Waals surface area contributed by atoms with Crippen molar-refractivity contribution in [1.82, 2.24) is 5.32 Å². The lowest BCUT2D eigenvalue weighted by molar-refractivity contribution is 0.252. The molecule has 0 radical (unpaired) electrons. The Morgan fingerprint density at radius 1 is 0.962 bits per heavy atom. The summed E-state index contributed by atoms with van der Waals surface area (Å²) < 4.78 is 0. The van der Waals surface area contributed by atoms with Crippen LogP contribution in [0.1, 0.15) is 43.6 Å². The van der Waals surface area contributed by atoms with Crippen molar-refractivity contribution < 1.29 is 9.63 Å². The molecule has 2 aromatic carbocycles. The van der Waals surface area contributed by atoms with E-state index in [0.717, 1.165) is 11.4 Å². The fourth-order valence-electron chi connectivity index (χ4n) is 3.79. The number of nitrogens with zero attached hydrogens (tertiary/aromatic N) is 1. The fourth-order valence-corrected chi connectivity index (χ4v) is 3.79. The van der Waals surface area contributed by atoms with Crippen molar-refractivity contribution in [3.63, 3.8) is 0 Å². The highest BCUT2D eigenvalue weighted by molar-refractivity contribution is 5.94. The first-order chi connectivity index (χ1) is 12.8. The molecule has 2 aliphatic rings. The van der Waals surface area contributed by atoms with Crippen LogP contribution in [0.15, 0.2) is 48.5 Å². The van der Waals surface area contributed by atoms with Gasteiger partial charge in [-0.2, -0.15) is 0 Å². The minimum Gasteiger partial charge on any atom is -0.382 e. The van der Waals surface area contributed by atoms with Crippen LogP contribution in [0, 0.1) is 0 Å². The number of hydrogen-bond donors (Lipinski definition) is 2. The summed E-state index contributed by atoms with van der Waals surface area (Å²) in [6.45, 7) is 1.39. The molecule has 4 rings (SSSR count). The second kappa shape index (κ2) is 7.68. The highest BCUT2D eigenvalue weighted by Crippen LogP contribution is 2.33. The van der Waals surface area contributed by atoms with Crippen LogP contribution in [-0.2, 0) is 0 Å². The van der Waals surface area contributed by atoms with Gasteiger partial charge in [0.1, 0.15) is 0 Å². The molecule has 0 unspecified atom stereocenters. The highest BCUT2D eigenvalue weighted by atomic mass is 16.6. The van der Waals surface area contributed by atoms with Gasteiger partial charge in [0.25, 0.3) is 0 Å². The standard InChI is InChI=1S/C21H25N3O2/c25-21-22-14-15-24(21)19-10-12-20(13-11-19)26-23-18-8-6-17(7-9-18)16-4-2-1-3-5-16/h6-13,16,23H,1-5,14-15H2,(H,22,25). The van der Waals surface area contributed by atoms with E-state index >= 15 is 0 Å². The lowest BCUT2D eigenvalue weighted by atomic mass is 9.84. The molecule has 136 valence electrons. The molecule has 5 heteroatoms. The molecule has 1 saturated heterocycles. The fraction of sp³-hybridized carbons (Fsp3) is 0.381. The summed E-state index contributed by atoms with van der Waals surface area (Å²) in [6.07, 6.45) is 6.70. The van der Waals surface area contributed by atoms with Gasteiger partial charge in [-0.1, -0.05) is 31.4 Å². The van der Waals surface area contributed by atoms with Crippen molar-refractivity contribution in [2.75, 3.05) is 23.5 Å². The van der Waals surface area contributed by atoms with Gasteiger partial charge in [-0.15, -0.1) is 0 Å². The predicted molar refractivity (Wildman–Crippen MR) is 104 cm³/mol. The van der Waals surface area contributed by atoms with Crippen LogP contribution in [0.2, 0.25) is 0 Å². The molecule has 1 aliphatic carbocycles. The molecule has 2 aromatic rings. The van der Waals surface area contributed by atoms with E-state index in [-0.39, 0.29) is 6.03 Å². The van der Waals surface area contributed by atoms with E-state index in [0.29, 0.717) is 24.8 Å². The maximum absolute atomic E-state index is 11.7. The first-order valence-corrected chi connectivity index (χ1v) is 9.48. The van der Waals surface area contributed by atoms with Crippen LogP contribution in [0.5, 0.6) is 5.75 Å². The average Bonchev–Trinajstić information content (AvgIpc) is 3.14. The molecule has 2 fully saturated rings. The zero-order chi connectivity index (χ0) is 17.8. The van der Waals surface area contributed by atoms with Crippen molar-refractivity contribution in [2.45, 2.75) is 38.0 Å². The zero-order valence-electron chi connectivity index (χ0n) is 14.9. The second-order valence-corrected chi connectivity index (χ2v) is 7.04. The molecule has 26 heavy (non-hydrogen) atoms. The Bertz CT molecular complexity index is 737. The van der Waals surface area contributed by atoms with E-state index < -0.39 is 0 Å². The van der Waals surface area contributed by atoms with Crippen molar-refractivity contribution in [1.29, 1.82) is 0 Å². The van der Waals surface area contributed by atoms with Gasteiger partial charge in [-0.25, -0.2) is 10.3 Å². The van der Waals surface area contributed by atoms with Gasteiger partial charge < -0.3 is 10.2 Å². The van der Waals surface area contributed by atoms with Crippen LogP contribution >= 0.6 is 0 Å². The van der Waals surface area contributed by atoms with E-state index in [4.69, 9.17) is 4.84 Å². The van der Waals surface area contributed by atoms with Gasteiger partial charge in [-0.05, 0) is 60.7 Å². The van der Waals surface area contributed by atoms with Gasteiger partial charge in [-0.3, -0.25) is 4.90 Å². The lowest BCUT2D eigenvalue weighted by Gasteiger charge is -2.22. The number of carbonyl (C=O) groups excluding carboxylic acids is 1. The van der Waals surface area contributed by atoms with E-state index in [1.54, 1.807) is 4.90 Å². The molecule has 5 nitrogen and oxygen atoms in total. The minimum absolute atomic E-state index is 0.0464. The van der Waals surface area contributed by atoms with E-state index in [9.17, 15) is 4.79 Å². The third-order valence-electron chi connectivity index (χ3n) is 5.28. The quantitative estimate of drug-likeness (QED) is 0.770. The van der Waals surface area contributed by atoms with E-state index in [1.807, 2.05) is 24.3 Å². The molecule has 1 saturated carbocycles. The number of rotatable bonds is 5. The second-order valence-electron chi connectivity index (χ2n) is 7.04. The summed E-state index contributed by atoms with van der Waals surface area (Å²) in [5, 5.41) is 2.80. The van der Waals surface area contributed by atoms with Crippen LogP contribution in [0.25, 0.3) is 0 Å². The molecule has 0 spiro atoms. The molecule has 1 heterocycles. The van der Waals surface area contributed by atoms with Crippen molar-refractivity contribution in [3.8, 4) is 5.75 Å². The average molecular weight is 351 g/mol. The topological polar surface area (TPSA) is 53.6 Å². The first-order valence-electron chi connectivity index (χ1n) is 9.48. The summed E-state index contributed by atoms with van der Waals surface area (Å²) in [5.74, 6) is 1.43. The number of hydrogen-bond acceptors (Lipinski definition) is 3. The highest BCUT2D eigenvalue weighted by Gasteiger charge is 2.20. The Hall–Kier alpha value is -2.69. The smallest absolute Gasteiger partial charge is 0.321 e. The Morgan fingerprint density at radius 3 is 2.35 bits per heavy atom. The number of amides is 2. The summed E-state index contributed by atoms with van der Waals surface area (Å²) in [5.41, 5.74) is 6.25. The van der Waals surface area contributed by atoms with E-state index in [2.05, 4.69) is 35.1 Å². The van der Waals surface area contributed by atoms with Gasteiger partial charge in [0.05, 0.1) is 5.69 Å². The van der Waals surface area contributed by atoms with E-state index in [1.165, 1.54) is 37.7 Å². The maximum atomic E-state index is 11.7. The number of benzene rings is 2. The largest absolute Gasteiger partial charge is 0.382 e. The predicted octanol–water partition coefficient (Wildman–Crippen LogP) is 4.67. The molecule has 0 atom stereocenters. The zero-order valence-corrected chi connectivity index (χ0v) is 14.9. The number of carbonyl (C=O) groups is 1. The Labute approximate surface area is 154 Å². The Balaban J connectivity index is 1.32. The van der Waals surface area contributed by atoms with Gasteiger partial charge >= 0.3 is 6.03 Å². The number of anilines is 2. The summed E-state index contributed by atoms with van der Waals surface area (Å²) in [7, 11) is 0. The Morgan fingerprint density at radius 2 is 1.69 bits per heavy atom. The molecular weight excluding hydrogens is 326 g/mol. The molecular formula is C21H25N3O2. The van der Waals surface area contributed by atoms with Crippen molar-refractivity contribution in [3.05, 3.63) is 54.1 Å². The van der Waals surface area contributed by atoms with Gasteiger partial charge in [0, 0.05) is 18.8 Å². The third kappa shape index (κ3) is 3.77. The number of urea groups is 1. The van der Waals surface area contributed by atoms with Gasteiger partial charge in [0.2, 0.25) is 0 Å². The monoisotopic (exact) mass is 351 g/mol. The molecule has 2 amide bonds. The van der Waals surface area contributed by atoms with Crippen LogP contribution in [0.4, 0.5) is 16.2 Å². The summed E-state index contributed by atoms with van der Waals surface area (Å²) in [6, 6.07) is 16.0. The molecule has 2 N–H and O–H groups in total. The van der Waals surface area contributed by atoms with Crippen molar-refractivity contribution in [2.24, 2.45) is 0 Å². The first kappa shape index (κ1) is 16.8. The van der Waals surface area contributed by atoms with Crippen LogP contribution in [0.3, 0.4) is 0 Å². The molecule has 0 bridgehead atoms. The maximum Gasteiger partial charge on any atom is 0.321 e. The van der Waals surface area contributed by atoms with Gasteiger partial charge in [0.15, 0.2) is 5.75 Å². The summed E-state index contributed by atoms with van der Waals surface area (Å²) in [4.78, 5) is 19.1. The summed E-state index contributed by atoms with van der Waals surface area (Å²) >= 11 is 0. The normalized spacial score (nSPS) is 17.8. The minimum atomic E-state index is -0.0464. The third-order valence-corrected chi connectivity index (χ3v) is 5.28. The lowest BCUT2D eigenvalue weighted by Crippen LogP contribution is -2.27. The van der Waals surface area contributed by atoms with Crippen LogP contribution in [-0.4, -0.2) is 19.1 Å². The SMILES string of the molecule is O=C1NCCN1c1ccc(ONc2ccc(C3CCCCC3)cc2)cc1. The molecule has 1 aliphatic heterocycles. The molecule has 0 aromatic heterocycles. The number of nitrogens with one attached hydrogen (secondary N) is 2. The van der Waals surface area contributed by atoms with Crippen LogP contribution < -0.4 is 20.5 Å². The van der Waals surface area contributed by atoms with Crippen molar-refractivity contribution >= 4 is 17.4 Å². The Kier molecular flexibility index (Phi) is 4.95.